The van der Waals surface area contributed by atoms with Crippen LogP contribution in [0, 0.1) is 0 Å². The van der Waals surface area contributed by atoms with Crippen LogP contribution >= 0.6 is 23.2 Å². The molecule has 32 heavy (non-hydrogen) atoms. The first-order valence-electron chi connectivity index (χ1n) is 10.9. The van der Waals surface area contributed by atoms with Gasteiger partial charge in [0, 0.05) is 6.54 Å². The van der Waals surface area contributed by atoms with Crippen LogP contribution in [0.5, 0.6) is 0 Å². The average molecular weight is 507 g/mol. The van der Waals surface area contributed by atoms with Gasteiger partial charge >= 0.3 is 6.09 Å². The van der Waals surface area contributed by atoms with Crippen LogP contribution in [0.15, 0.2) is 18.2 Å². The van der Waals surface area contributed by atoms with E-state index in [1.807, 2.05) is 20.8 Å². The maximum absolute atomic E-state index is 12.7. The van der Waals surface area contributed by atoms with Crippen molar-refractivity contribution in [2.75, 3.05) is 26.3 Å². The van der Waals surface area contributed by atoms with E-state index in [1.54, 1.807) is 18.2 Å². The molecule has 6 nitrogen and oxygen atoms in total. The molecule has 0 bridgehead atoms. The van der Waals surface area contributed by atoms with E-state index >= 15 is 0 Å². The summed E-state index contributed by atoms with van der Waals surface area (Å²) in [6, 6.07) is 5.17. The SMILES string of the molecule is CC(C)(C)OC(=O)N1CCOC(CO[Si](C)(C)C(C)(C)C)(c2ccc(Cl)c(Cl)c2)C(O)C1. The topological polar surface area (TPSA) is 68.2 Å². The van der Waals surface area contributed by atoms with E-state index in [4.69, 9.17) is 37.1 Å². The minimum atomic E-state index is -2.17. The van der Waals surface area contributed by atoms with Gasteiger partial charge in [-0.05, 0) is 56.6 Å². The molecule has 182 valence electrons. The van der Waals surface area contributed by atoms with E-state index in [0.29, 0.717) is 15.6 Å². The molecule has 1 N–H and O–H groups in total. The first kappa shape index (κ1) is 27.4. The Morgan fingerprint density at radius 1 is 1.22 bits per heavy atom. The highest BCUT2D eigenvalue weighted by Crippen LogP contribution is 2.41. The lowest BCUT2D eigenvalue weighted by molar-refractivity contribution is -0.139. The molecule has 1 aromatic carbocycles. The zero-order valence-electron chi connectivity index (χ0n) is 20.4. The maximum atomic E-state index is 12.7. The molecule has 1 aliphatic heterocycles. The summed E-state index contributed by atoms with van der Waals surface area (Å²) in [6.45, 7) is 16.8. The van der Waals surface area contributed by atoms with Gasteiger partial charge in [-0.1, -0.05) is 50.0 Å². The van der Waals surface area contributed by atoms with E-state index in [2.05, 4.69) is 33.9 Å². The second kappa shape index (κ2) is 9.80. The molecule has 0 aliphatic carbocycles. The van der Waals surface area contributed by atoms with Gasteiger partial charge in [-0.15, -0.1) is 0 Å². The summed E-state index contributed by atoms with van der Waals surface area (Å²) in [5, 5.41) is 12.2. The zero-order chi connectivity index (χ0) is 24.5. The Labute approximate surface area is 203 Å². The number of carbonyl (C=O) groups excluding carboxylic acids is 1. The number of aliphatic hydroxyl groups is 1. The van der Waals surface area contributed by atoms with Crippen molar-refractivity contribution in [1.82, 2.24) is 4.90 Å². The predicted molar refractivity (Wildman–Crippen MR) is 131 cm³/mol. The number of hydrogen-bond acceptors (Lipinski definition) is 5. The molecule has 9 heteroatoms. The number of nitrogens with zero attached hydrogens (tertiary/aromatic N) is 1. The van der Waals surface area contributed by atoms with Crippen LogP contribution < -0.4 is 0 Å². The number of amides is 1. The van der Waals surface area contributed by atoms with E-state index in [1.165, 1.54) is 4.90 Å². The normalized spacial score (nSPS) is 23.1. The number of rotatable bonds is 4. The Balaban J connectivity index is 2.42. The first-order valence-corrected chi connectivity index (χ1v) is 14.5. The fourth-order valence-electron chi connectivity index (χ4n) is 3.13. The molecule has 0 saturated carbocycles. The van der Waals surface area contributed by atoms with Gasteiger partial charge in [0.15, 0.2) is 8.32 Å². The minimum Gasteiger partial charge on any atom is -0.444 e. The number of carbonyl (C=O) groups is 1. The van der Waals surface area contributed by atoms with Gasteiger partial charge in [0.2, 0.25) is 0 Å². The molecule has 0 radical (unpaired) electrons. The number of hydrogen-bond donors (Lipinski definition) is 1. The van der Waals surface area contributed by atoms with Crippen LogP contribution in [0.2, 0.25) is 28.2 Å². The van der Waals surface area contributed by atoms with Gasteiger partial charge in [0.1, 0.15) is 17.3 Å². The van der Waals surface area contributed by atoms with Crippen molar-refractivity contribution in [1.29, 1.82) is 0 Å². The van der Waals surface area contributed by atoms with Crippen molar-refractivity contribution in [3.63, 3.8) is 0 Å². The molecule has 0 aromatic heterocycles. The molecule has 2 rings (SSSR count). The quantitative estimate of drug-likeness (QED) is 0.520. The van der Waals surface area contributed by atoms with Crippen molar-refractivity contribution < 1.29 is 23.8 Å². The molecule has 1 aromatic rings. The fraction of sp³-hybridized carbons (Fsp3) is 0.696. The molecule has 1 heterocycles. The summed E-state index contributed by atoms with van der Waals surface area (Å²) < 4.78 is 18.3. The second-order valence-corrected chi connectivity index (χ2v) is 16.5. The Bertz CT molecular complexity index is 822. The number of β-amino-alcohol motifs (C(OH)–C–C–N with tert-alkyl or cyclic N) is 1. The number of ether oxygens (including phenoxy) is 2. The molecular weight excluding hydrogens is 469 g/mol. The molecule has 1 amide bonds. The monoisotopic (exact) mass is 505 g/mol. The number of halogens is 2. The lowest BCUT2D eigenvalue weighted by atomic mass is 9.88. The molecule has 2 unspecified atom stereocenters. The highest BCUT2D eigenvalue weighted by atomic mass is 35.5. The number of benzene rings is 1. The summed E-state index contributed by atoms with van der Waals surface area (Å²) in [5.74, 6) is 0. The lowest BCUT2D eigenvalue weighted by Crippen LogP contribution is -2.53. The highest BCUT2D eigenvalue weighted by molar-refractivity contribution is 6.74. The Morgan fingerprint density at radius 3 is 2.38 bits per heavy atom. The third kappa shape index (κ3) is 6.39. The Hall–Kier alpha value is -0.833. The van der Waals surface area contributed by atoms with Crippen molar-refractivity contribution >= 4 is 37.6 Å². The third-order valence-electron chi connectivity index (χ3n) is 6.17. The molecule has 1 fully saturated rings. The lowest BCUT2D eigenvalue weighted by Gasteiger charge is -2.42. The van der Waals surface area contributed by atoms with E-state index in [-0.39, 0.29) is 31.3 Å². The fourth-order valence-corrected chi connectivity index (χ4v) is 4.44. The summed E-state index contributed by atoms with van der Waals surface area (Å²) in [7, 11) is -2.17. The Morgan fingerprint density at radius 2 is 1.84 bits per heavy atom. The van der Waals surface area contributed by atoms with Gasteiger partial charge in [-0.2, -0.15) is 0 Å². The van der Waals surface area contributed by atoms with E-state index in [9.17, 15) is 9.90 Å². The van der Waals surface area contributed by atoms with Crippen LogP contribution in [0.1, 0.15) is 47.1 Å². The summed E-state index contributed by atoms with van der Waals surface area (Å²) in [6.07, 6.45) is -1.56. The second-order valence-electron chi connectivity index (χ2n) is 10.9. The summed E-state index contributed by atoms with van der Waals surface area (Å²) >= 11 is 12.5. The van der Waals surface area contributed by atoms with Crippen LogP contribution in [-0.4, -0.2) is 62.4 Å². The standard InChI is InChI=1S/C23H37Cl2NO5Si/c1-21(2,3)31-20(28)26-11-12-29-23(19(27)14-26,15-30-32(7,8)22(4,5)6)16-9-10-17(24)18(25)13-16/h9-10,13,19,27H,11-12,14-15H2,1-8H3. The first-order chi connectivity index (χ1) is 14.5. The maximum Gasteiger partial charge on any atom is 0.410 e. The molecule has 1 aliphatic rings. The molecule has 0 spiro atoms. The summed E-state index contributed by atoms with van der Waals surface area (Å²) in [5.41, 5.74) is -1.19. The Kier molecular flexibility index (Phi) is 8.40. The minimum absolute atomic E-state index is 0.0237. The van der Waals surface area contributed by atoms with E-state index in [0.717, 1.165) is 0 Å². The highest BCUT2D eigenvalue weighted by Gasteiger charge is 2.48. The van der Waals surface area contributed by atoms with Gasteiger partial charge < -0.3 is 23.9 Å². The third-order valence-corrected chi connectivity index (χ3v) is 11.4. The average Bonchev–Trinajstić information content (AvgIpc) is 2.80. The largest absolute Gasteiger partial charge is 0.444 e. The van der Waals surface area contributed by atoms with Crippen LogP contribution in [0.4, 0.5) is 4.79 Å². The van der Waals surface area contributed by atoms with Crippen molar-refractivity contribution in [3.8, 4) is 0 Å². The van der Waals surface area contributed by atoms with Gasteiger partial charge in [-0.25, -0.2) is 4.79 Å². The summed E-state index contributed by atoms with van der Waals surface area (Å²) in [4.78, 5) is 14.2. The molecule has 2 atom stereocenters. The van der Waals surface area contributed by atoms with Gasteiger partial charge in [0.25, 0.3) is 0 Å². The van der Waals surface area contributed by atoms with Gasteiger partial charge in [-0.3, -0.25) is 0 Å². The predicted octanol–water partition coefficient (Wildman–Crippen LogP) is 5.84. The van der Waals surface area contributed by atoms with Crippen LogP contribution in [0.25, 0.3) is 0 Å². The van der Waals surface area contributed by atoms with Crippen LogP contribution in [-0.2, 0) is 19.5 Å². The molecule has 1 saturated heterocycles. The smallest absolute Gasteiger partial charge is 0.410 e. The molecular formula is C23H37Cl2NO5Si. The van der Waals surface area contributed by atoms with Crippen molar-refractivity contribution in [2.24, 2.45) is 0 Å². The van der Waals surface area contributed by atoms with Crippen molar-refractivity contribution in [3.05, 3.63) is 33.8 Å². The van der Waals surface area contributed by atoms with Gasteiger partial charge in [0.05, 0.1) is 29.8 Å². The van der Waals surface area contributed by atoms with Crippen LogP contribution in [0.3, 0.4) is 0 Å². The zero-order valence-corrected chi connectivity index (χ0v) is 22.9. The van der Waals surface area contributed by atoms with Crippen molar-refractivity contribution in [2.45, 2.75) is 77.0 Å². The number of aliphatic hydroxyl groups excluding tert-OH is 1. The van der Waals surface area contributed by atoms with E-state index < -0.39 is 31.7 Å².